The Hall–Kier alpha value is -0.790. The summed E-state index contributed by atoms with van der Waals surface area (Å²) < 4.78 is 5.01. The van der Waals surface area contributed by atoms with E-state index in [-0.39, 0.29) is 11.4 Å². The zero-order valence-electron chi connectivity index (χ0n) is 7.80. The van der Waals surface area contributed by atoms with Gasteiger partial charge in [-0.1, -0.05) is 13.0 Å². The summed E-state index contributed by atoms with van der Waals surface area (Å²) in [6, 6.07) is 0. The molecule has 68 valence electrons. The molecule has 0 saturated heterocycles. The molecule has 0 bridgehead atoms. The monoisotopic (exact) mass is 168 g/mol. The highest BCUT2D eigenvalue weighted by Crippen LogP contribution is 2.55. The second-order valence-electron chi connectivity index (χ2n) is 3.47. The first-order valence-corrected chi connectivity index (χ1v) is 4.45. The molecule has 1 rings (SSSR count). The van der Waals surface area contributed by atoms with Gasteiger partial charge in [0, 0.05) is 0 Å². The van der Waals surface area contributed by atoms with Gasteiger partial charge < -0.3 is 4.74 Å². The summed E-state index contributed by atoms with van der Waals surface area (Å²) in [5, 5.41) is 0. The zero-order chi connectivity index (χ0) is 9.19. The summed E-state index contributed by atoms with van der Waals surface area (Å²) in [7, 11) is 0. The van der Waals surface area contributed by atoms with Crippen LogP contribution in [0, 0.1) is 11.3 Å². The Morgan fingerprint density at radius 2 is 2.42 bits per heavy atom. The average Bonchev–Trinajstić information content (AvgIpc) is 2.64. The van der Waals surface area contributed by atoms with E-state index in [0.29, 0.717) is 12.5 Å². The highest BCUT2D eigenvalue weighted by Gasteiger charge is 2.57. The van der Waals surface area contributed by atoms with Crippen LogP contribution in [0.25, 0.3) is 0 Å². The van der Waals surface area contributed by atoms with E-state index in [1.54, 1.807) is 6.08 Å². The van der Waals surface area contributed by atoms with Gasteiger partial charge in [-0.25, -0.2) is 0 Å². The smallest absolute Gasteiger partial charge is 0.312 e. The lowest BCUT2D eigenvalue weighted by Gasteiger charge is -2.11. The van der Waals surface area contributed by atoms with Crippen LogP contribution in [0.2, 0.25) is 0 Å². The van der Waals surface area contributed by atoms with Gasteiger partial charge in [0.25, 0.3) is 0 Å². The third-order valence-electron chi connectivity index (χ3n) is 2.64. The summed E-state index contributed by atoms with van der Waals surface area (Å²) in [5.74, 6) is 0.423. The predicted molar refractivity (Wildman–Crippen MR) is 47.7 cm³/mol. The van der Waals surface area contributed by atoms with E-state index in [1.807, 2.05) is 6.92 Å². The standard InChI is InChI=1S/C10H16O2/c1-4-6-10(7-8(10)3)9(11)12-5-2/h4,8H,1,5-7H2,2-3H3. The van der Waals surface area contributed by atoms with Crippen molar-refractivity contribution < 1.29 is 9.53 Å². The van der Waals surface area contributed by atoms with Crippen LogP contribution in [0.3, 0.4) is 0 Å². The Labute approximate surface area is 73.6 Å². The summed E-state index contributed by atoms with van der Waals surface area (Å²) in [4.78, 5) is 11.5. The van der Waals surface area contributed by atoms with Crippen LogP contribution in [0.15, 0.2) is 12.7 Å². The van der Waals surface area contributed by atoms with Crippen molar-refractivity contribution in [1.82, 2.24) is 0 Å². The molecule has 0 amide bonds. The van der Waals surface area contributed by atoms with E-state index in [4.69, 9.17) is 4.74 Å². The number of esters is 1. The van der Waals surface area contributed by atoms with Gasteiger partial charge in [0.1, 0.15) is 0 Å². The number of carbonyl (C=O) groups excluding carboxylic acids is 1. The minimum atomic E-state index is -0.211. The van der Waals surface area contributed by atoms with Crippen LogP contribution in [0.4, 0.5) is 0 Å². The first-order valence-electron chi connectivity index (χ1n) is 4.45. The van der Waals surface area contributed by atoms with Crippen LogP contribution in [-0.4, -0.2) is 12.6 Å². The Bertz CT molecular complexity index is 198. The quantitative estimate of drug-likeness (QED) is 0.475. The number of rotatable bonds is 4. The molecule has 1 aliphatic carbocycles. The van der Waals surface area contributed by atoms with E-state index in [2.05, 4.69) is 13.5 Å². The molecule has 0 heterocycles. The second-order valence-corrected chi connectivity index (χ2v) is 3.47. The fourth-order valence-corrected chi connectivity index (χ4v) is 1.67. The van der Waals surface area contributed by atoms with Crippen molar-refractivity contribution in [3.8, 4) is 0 Å². The van der Waals surface area contributed by atoms with Crippen molar-refractivity contribution in [2.45, 2.75) is 26.7 Å². The molecule has 0 aromatic rings. The van der Waals surface area contributed by atoms with Gasteiger partial charge in [-0.15, -0.1) is 6.58 Å². The lowest BCUT2D eigenvalue weighted by atomic mass is 10.0. The highest BCUT2D eigenvalue weighted by molar-refractivity contribution is 5.80. The van der Waals surface area contributed by atoms with Crippen LogP contribution in [0.5, 0.6) is 0 Å². The van der Waals surface area contributed by atoms with Gasteiger partial charge in [0.05, 0.1) is 12.0 Å². The van der Waals surface area contributed by atoms with Gasteiger partial charge in [-0.2, -0.15) is 0 Å². The molecule has 0 N–H and O–H groups in total. The molecule has 1 saturated carbocycles. The third-order valence-corrected chi connectivity index (χ3v) is 2.64. The fourth-order valence-electron chi connectivity index (χ4n) is 1.67. The number of hydrogen-bond donors (Lipinski definition) is 0. The van der Waals surface area contributed by atoms with E-state index in [0.717, 1.165) is 12.8 Å². The molecular weight excluding hydrogens is 152 g/mol. The molecule has 2 nitrogen and oxygen atoms in total. The van der Waals surface area contributed by atoms with Crippen molar-refractivity contribution in [3.05, 3.63) is 12.7 Å². The molecule has 2 heteroatoms. The van der Waals surface area contributed by atoms with E-state index in [1.165, 1.54) is 0 Å². The fraction of sp³-hybridized carbons (Fsp3) is 0.700. The Morgan fingerprint density at radius 3 is 2.75 bits per heavy atom. The number of carbonyl (C=O) groups is 1. The van der Waals surface area contributed by atoms with Crippen LogP contribution >= 0.6 is 0 Å². The maximum atomic E-state index is 11.5. The molecule has 0 radical (unpaired) electrons. The van der Waals surface area contributed by atoms with Gasteiger partial charge in [0.15, 0.2) is 0 Å². The first kappa shape index (κ1) is 9.30. The maximum Gasteiger partial charge on any atom is 0.312 e. The average molecular weight is 168 g/mol. The molecule has 1 aliphatic rings. The lowest BCUT2D eigenvalue weighted by Crippen LogP contribution is -2.20. The topological polar surface area (TPSA) is 26.3 Å². The minimum absolute atomic E-state index is 0.0441. The SMILES string of the molecule is C=CCC1(C(=O)OCC)CC1C. The van der Waals surface area contributed by atoms with Crippen molar-refractivity contribution in [3.63, 3.8) is 0 Å². The summed E-state index contributed by atoms with van der Waals surface area (Å²) in [6.07, 6.45) is 3.52. The Kier molecular flexibility index (Phi) is 2.55. The second kappa shape index (κ2) is 3.30. The number of allylic oxidation sites excluding steroid dienone is 1. The minimum Gasteiger partial charge on any atom is -0.466 e. The molecule has 0 aliphatic heterocycles. The van der Waals surface area contributed by atoms with Crippen molar-refractivity contribution in [2.24, 2.45) is 11.3 Å². The normalized spacial score (nSPS) is 32.7. The lowest BCUT2D eigenvalue weighted by molar-refractivity contribution is -0.150. The Balaban J connectivity index is 2.56. The van der Waals surface area contributed by atoms with E-state index in [9.17, 15) is 4.79 Å². The molecule has 1 fully saturated rings. The molecular formula is C10H16O2. The molecule has 2 atom stereocenters. The van der Waals surface area contributed by atoms with Crippen LogP contribution in [0.1, 0.15) is 26.7 Å². The number of hydrogen-bond acceptors (Lipinski definition) is 2. The first-order chi connectivity index (χ1) is 5.67. The van der Waals surface area contributed by atoms with E-state index >= 15 is 0 Å². The molecule has 12 heavy (non-hydrogen) atoms. The molecule has 2 unspecified atom stereocenters. The van der Waals surface area contributed by atoms with E-state index < -0.39 is 0 Å². The van der Waals surface area contributed by atoms with Crippen molar-refractivity contribution in [2.75, 3.05) is 6.61 Å². The third kappa shape index (κ3) is 1.38. The molecule has 0 spiro atoms. The summed E-state index contributed by atoms with van der Waals surface area (Å²) >= 11 is 0. The van der Waals surface area contributed by atoms with Crippen molar-refractivity contribution in [1.29, 1.82) is 0 Å². The highest BCUT2D eigenvalue weighted by atomic mass is 16.5. The number of ether oxygens (including phenoxy) is 1. The predicted octanol–water partition coefficient (Wildman–Crippen LogP) is 2.15. The largest absolute Gasteiger partial charge is 0.466 e. The molecule has 0 aromatic carbocycles. The van der Waals surface area contributed by atoms with Gasteiger partial charge in [0.2, 0.25) is 0 Å². The van der Waals surface area contributed by atoms with Crippen LogP contribution < -0.4 is 0 Å². The maximum absolute atomic E-state index is 11.5. The Morgan fingerprint density at radius 1 is 1.83 bits per heavy atom. The zero-order valence-corrected chi connectivity index (χ0v) is 7.80. The van der Waals surface area contributed by atoms with Crippen LogP contribution in [-0.2, 0) is 9.53 Å². The molecule has 0 aromatic heterocycles. The summed E-state index contributed by atoms with van der Waals surface area (Å²) in [5.41, 5.74) is -0.211. The summed E-state index contributed by atoms with van der Waals surface area (Å²) in [6.45, 7) is 8.06. The van der Waals surface area contributed by atoms with Gasteiger partial charge >= 0.3 is 5.97 Å². The van der Waals surface area contributed by atoms with Gasteiger partial charge in [-0.05, 0) is 25.7 Å². The van der Waals surface area contributed by atoms with Crippen molar-refractivity contribution >= 4 is 5.97 Å². The van der Waals surface area contributed by atoms with Gasteiger partial charge in [-0.3, -0.25) is 4.79 Å².